The molecule has 0 radical (unpaired) electrons. The van der Waals surface area contributed by atoms with E-state index >= 15 is 0 Å². The summed E-state index contributed by atoms with van der Waals surface area (Å²) < 4.78 is 13.9. The molecule has 0 spiro atoms. The summed E-state index contributed by atoms with van der Waals surface area (Å²) in [5.41, 5.74) is 0.826. The van der Waals surface area contributed by atoms with Crippen LogP contribution in [-0.2, 0) is 6.54 Å². The van der Waals surface area contributed by atoms with Gasteiger partial charge in [0.2, 0.25) is 5.95 Å². The molecule has 0 amide bonds. The molecule has 82 valence electrons. The van der Waals surface area contributed by atoms with Crippen molar-refractivity contribution in [1.82, 2.24) is 9.97 Å². The predicted octanol–water partition coefficient (Wildman–Crippen LogP) is 2.99. The van der Waals surface area contributed by atoms with E-state index in [0.717, 1.165) is 10.0 Å². The summed E-state index contributed by atoms with van der Waals surface area (Å²) >= 11 is 3.36. The highest BCUT2D eigenvalue weighted by atomic mass is 79.9. The van der Waals surface area contributed by atoms with Gasteiger partial charge in [-0.3, -0.25) is 0 Å². The predicted molar refractivity (Wildman–Crippen MR) is 63.5 cm³/mol. The topological polar surface area (TPSA) is 37.8 Å². The third-order valence-corrected chi connectivity index (χ3v) is 2.78. The first kappa shape index (κ1) is 11.0. The minimum absolute atomic E-state index is 0.256. The summed E-state index contributed by atoms with van der Waals surface area (Å²) in [6, 6.07) is 6.30. The molecule has 0 aliphatic carbocycles. The lowest BCUT2D eigenvalue weighted by Crippen LogP contribution is -2.03. The fraction of sp³-hybridized carbons (Fsp3) is 0.0909. The minimum Gasteiger partial charge on any atom is -0.350 e. The second kappa shape index (κ2) is 5.03. The average molecular weight is 282 g/mol. The lowest BCUT2D eigenvalue weighted by Gasteiger charge is -2.06. The maximum atomic E-state index is 13.0. The summed E-state index contributed by atoms with van der Waals surface area (Å²) in [6.07, 6.45) is 3.30. The van der Waals surface area contributed by atoms with Gasteiger partial charge in [0.1, 0.15) is 5.82 Å². The lowest BCUT2D eigenvalue weighted by atomic mass is 10.2. The van der Waals surface area contributed by atoms with Gasteiger partial charge < -0.3 is 5.32 Å². The number of nitrogens with one attached hydrogen (secondary N) is 1. The van der Waals surface area contributed by atoms with E-state index in [2.05, 4.69) is 31.2 Å². The maximum Gasteiger partial charge on any atom is 0.222 e. The first-order chi connectivity index (χ1) is 7.75. The Morgan fingerprint density at radius 3 is 2.75 bits per heavy atom. The van der Waals surface area contributed by atoms with Crippen molar-refractivity contribution >= 4 is 21.9 Å². The molecule has 0 bridgehead atoms. The quantitative estimate of drug-likeness (QED) is 0.940. The average Bonchev–Trinajstić information content (AvgIpc) is 2.32. The van der Waals surface area contributed by atoms with Crippen LogP contribution < -0.4 is 5.32 Å². The van der Waals surface area contributed by atoms with E-state index in [-0.39, 0.29) is 5.82 Å². The van der Waals surface area contributed by atoms with E-state index in [0.29, 0.717) is 12.5 Å². The molecule has 0 atom stereocenters. The smallest absolute Gasteiger partial charge is 0.222 e. The Morgan fingerprint density at radius 1 is 1.25 bits per heavy atom. The minimum atomic E-state index is -0.256. The van der Waals surface area contributed by atoms with Gasteiger partial charge in [0, 0.05) is 23.4 Å². The van der Waals surface area contributed by atoms with E-state index < -0.39 is 0 Å². The molecule has 2 rings (SSSR count). The van der Waals surface area contributed by atoms with Gasteiger partial charge in [0.15, 0.2) is 0 Å². The first-order valence-corrected chi connectivity index (χ1v) is 5.50. The van der Waals surface area contributed by atoms with E-state index in [1.807, 2.05) is 0 Å². The van der Waals surface area contributed by atoms with E-state index in [1.165, 1.54) is 12.1 Å². The van der Waals surface area contributed by atoms with Crippen LogP contribution in [0, 0.1) is 5.82 Å². The zero-order chi connectivity index (χ0) is 11.4. The summed E-state index contributed by atoms with van der Waals surface area (Å²) in [6.45, 7) is 0.475. The molecule has 1 N–H and O–H groups in total. The summed E-state index contributed by atoms with van der Waals surface area (Å²) in [5.74, 6) is 0.271. The Kier molecular flexibility index (Phi) is 3.46. The first-order valence-electron chi connectivity index (χ1n) is 4.70. The van der Waals surface area contributed by atoms with Gasteiger partial charge in [-0.05, 0) is 29.8 Å². The van der Waals surface area contributed by atoms with Crippen molar-refractivity contribution in [3.63, 3.8) is 0 Å². The van der Waals surface area contributed by atoms with Crippen LogP contribution in [0.5, 0.6) is 0 Å². The number of nitrogens with zero attached hydrogens (tertiary/aromatic N) is 2. The van der Waals surface area contributed by atoms with Gasteiger partial charge in [0.25, 0.3) is 0 Å². The zero-order valence-corrected chi connectivity index (χ0v) is 9.91. The van der Waals surface area contributed by atoms with Crippen molar-refractivity contribution in [2.24, 2.45) is 0 Å². The Morgan fingerprint density at radius 2 is 2.00 bits per heavy atom. The summed E-state index contributed by atoms with van der Waals surface area (Å²) in [5, 5.41) is 3.01. The van der Waals surface area contributed by atoms with Crippen molar-refractivity contribution in [1.29, 1.82) is 0 Å². The molecule has 16 heavy (non-hydrogen) atoms. The van der Waals surface area contributed by atoms with Gasteiger partial charge in [0.05, 0.1) is 0 Å². The van der Waals surface area contributed by atoms with Crippen molar-refractivity contribution < 1.29 is 4.39 Å². The molecule has 2 aromatic rings. The number of halogens is 2. The molecule has 0 fully saturated rings. The Labute approximate surface area is 101 Å². The molecule has 3 nitrogen and oxygen atoms in total. The molecule has 1 aromatic heterocycles. The molecule has 0 unspecified atom stereocenters. The second-order valence-corrected chi connectivity index (χ2v) is 4.02. The largest absolute Gasteiger partial charge is 0.350 e. The normalized spacial score (nSPS) is 10.1. The molecule has 0 saturated carbocycles. The fourth-order valence-electron chi connectivity index (χ4n) is 1.24. The van der Waals surface area contributed by atoms with Crippen LogP contribution in [0.3, 0.4) is 0 Å². The highest BCUT2D eigenvalue weighted by Gasteiger charge is 2.02. The third kappa shape index (κ3) is 2.76. The molecule has 0 saturated heterocycles. The molecule has 5 heteroatoms. The molecule has 1 aromatic carbocycles. The second-order valence-electron chi connectivity index (χ2n) is 3.16. The zero-order valence-electron chi connectivity index (χ0n) is 8.32. The van der Waals surface area contributed by atoms with Gasteiger partial charge in [-0.2, -0.15) is 0 Å². The SMILES string of the molecule is Fc1ccc(Br)c(CNc2ncccn2)c1. The van der Waals surface area contributed by atoms with Crippen LogP contribution in [0.15, 0.2) is 41.1 Å². The number of benzene rings is 1. The highest BCUT2D eigenvalue weighted by molar-refractivity contribution is 9.10. The van der Waals surface area contributed by atoms with Crippen LogP contribution in [0.25, 0.3) is 0 Å². The van der Waals surface area contributed by atoms with E-state index in [4.69, 9.17) is 0 Å². The van der Waals surface area contributed by atoms with Gasteiger partial charge in [-0.25, -0.2) is 14.4 Å². The molecule has 1 heterocycles. The van der Waals surface area contributed by atoms with Gasteiger partial charge >= 0.3 is 0 Å². The van der Waals surface area contributed by atoms with Crippen LogP contribution in [0.4, 0.5) is 10.3 Å². The van der Waals surface area contributed by atoms with Crippen LogP contribution in [-0.4, -0.2) is 9.97 Å². The number of anilines is 1. The van der Waals surface area contributed by atoms with Crippen molar-refractivity contribution in [2.45, 2.75) is 6.54 Å². The third-order valence-electron chi connectivity index (χ3n) is 2.01. The number of hydrogen-bond acceptors (Lipinski definition) is 3. The Bertz CT molecular complexity index is 476. The standard InChI is InChI=1S/C11H9BrFN3/c12-10-3-2-9(13)6-8(10)7-16-11-14-4-1-5-15-11/h1-6H,7H2,(H,14,15,16). The number of rotatable bonds is 3. The monoisotopic (exact) mass is 281 g/mol. The fourth-order valence-corrected chi connectivity index (χ4v) is 1.63. The lowest BCUT2D eigenvalue weighted by molar-refractivity contribution is 0.625. The van der Waals surface area contributed by atoms with Crippen molar-refractivity contribution in [3.05, 3.63) is 52.5 Å². The Hall–Kier alpha value is -1.49. The molecular formula is C11H9BrFN3. The van der Waals surface area contributed by atoms with Crippen LogP contribution in [0.1, 0.15) is 5.56 Å². The molecular weight excluding hydrogens is 273 g/mol. The van der Waals surface area contributed by atoms with Crippen molar-refractivity contribution in [3.8, 4) is 0 Å². The van der Waals surface area contributed by atoms with E-state index in [1.54, 1.807) is 24.5 Å². The van der Waals surface area contributed by atoms with E-state index in [9.17, 15) is 4.39 Å². The number of hydrogen-bond donors (Lipinski definition) is 1. The van der Waals surface area contributed by atoms with Gasteiger partial charge in [-0.1, -0.05) is 15.9 Å². The Balaban J connectivity index is 2.08. The number of aromatic nitrogens is 2. The van der Waals surface area contributed by atoms with Gasteiger partial charge in [-0.15, -0.1) is 0 Å². The molecule has 0 aliphatic heterocycles. The molecule has 0 aliphatic rings. The maximum absolute atomic E-state index is 13.0. The highest BCUT2D eigenvalue weighted by Crippen LogP contribution is 2.18. The summed E-state index contributed by atoms with van der Waals surface area (Å²) in [7, 11) is 0. The van der Waals surface area contributed by atoms with Crippen LogP contribution in [0.2, 0.25) is 0 Å². The summed E-state index contributed by atoms with van der Waals surface area (Å²) in [4.78, 5) is 8.03. The van der Waals surface area contributed by atoms with Crippen LogP contribution >= 0.6 is 15.9 Å². The van der Waals surface area contributed by atoms with Crippen molar-refractivity contribution in [2.75, 3.05) is 5.32 Å².